The summed E-state index contributed by atoms with van der Waals surface area (Å²) in [6.07, 6.45) is 0. The molecule has 0 saturated heterocycles. The minimum atomic E-state index is -0.148. The van der Waals surface area contributed by atoms with Crippen molar-refractivity contribution in [3.05, 3.63) is 50.0 Å². The summed E-state index contributed by atoms with van der Waals surface area (Å²) < 4.78 is 0. The Bertz CT molecular complexity index is 678. The summed E-state index contributed by atoms with van der Waals surface area (Å²) in [6.45, 7) is 5.66. The topological polar surface area (TPSA) is 45.8 Å². The van der Waals surface area contributed by atoms with E-state index >= 15 is 0 Å². The predicted molar refractivity (Wildman–Crippen MR) is 79.1 cm³/mol. The van der Waals surface area contributed by atoms with Crippen molar-refractivity contribution < 1.29 is 0 Å². The lowest BCUT2D eigenvalue weighted by Crippen LogP contribution is -2.17. The fourth-order valence-electron chi connectivity index (χ4n) is 1.76. The van der Waals surface area contributed by atoms with E-state index in [-0.39, 0.29) is 11.5 Å². The van der Waals surface area contributed by atoms with Gasteiger partial charge in [0.15, 0.2) is 0 Å². The fourth-order valence-corrected chi connectivity index (χ4v) is 2.14. The number of benzene rings is 1. The van der Waals surface area contributed by atoms with E-state index < -0.39 is 0 Å². The molecule has 5 heteroatoms. The minimum Gasteiger partial charge on any atom is -0.310 e. The molecule has 0 bridgehead atoms. The Morgan fingerprint density at radius 2 is 1.95 bits per heavy atom. The van der Waals surface area contributed by atoms with E-state index in [9.17, 15) is 4.79 Å². The number of hydrogen-bond donors (Lipinski definition) is 1. The van der Waals surface area contributed by atoms with Crippen LogP contribution in [-0.2, 0) is 0 Å². The van der Waals surface area contributed by atoms with Gasteiger partial charge in [-0.3, -0.25) is 4.79 Å². The van der Waals surface area contributed by atoms with Gasteiger partial charge in [-0.25, -0.2) is 4.98 Å². The van der Waals surface area contributed by atoms with Crippen LogP contribution in [0.3, 0.4) is 0 Å². The Labute approximate surface area is 121 Å². The summed E-state index contributed by atoms with van der Waals surface area (Å²) >= 11 is 12.2. The monoisotopic (exact) mass is 296 g/mol. The van der Waals surface area contributed by atoms with Gasteiger partial charge >= 0.3 is 0 Å². The summed E-state index contributed by atoms with van der Waals surface area (Å²) in [5.41, 5.74) is 1.65. The quantitative estimate of drug-likeness (QED) is 0.904. The molecule has 2 rings (SSSR count). The smallest absolute Gasteiger partial charge is 0.254 e. The minimum absolute atomic E-state index is 0.130. The van der Waals surface area contributed by atoms with Crippen molar-refractivity contribution in [2.24, 2.45) is 0 Å². The zero-order valence-corrected chi connectivity index (χ0v) is 12.4. The molecular weight excluding hydrogens is 283 g/mol. The van der Waals surface area contributed by atoms with Crippen LogP contribution in [0.2, 0.25) is 10.0 Å². The summed E-state index contributed by atoms with van der Waals surface area (Å²) in [4.78, 5) is 19.2. The third-order valence-corrected chi connectivity index (χ3v) is 3.46. The van der Waals surface area contributed by atoms with Crippen molar-refractivity contribution in [1.82, 2.24) is 9.97 Å². The molecule has 1 aromatic heterocycles. The molecule has 0 atom stereocenters. The first-order chi connectivity index (χ1) is 8.90. The lowest BCUT2D eigenvalue weighted by molar-refractivity contribution is 0.765. The number of halogens is 2. The standard InChI is InChI=1S/C14H14Cl2N2O/c1-7(2)13-17-12(8(3)14(19)18-13)10-6-9(15)4-5-11(10)16/h4-7H,1-3H3,(H,17,18,19). The number of aromatic nitrogens is 2. The number of nitrogens with zero attached hydrogens (tertiary/aromatic N) is 1. The normalized spacial score (nSPS) is 11.1. The maximum Gasteiger partial charge on any atom is 0.254 e. The first-order valence-electron chi connectivity index (χ1n) is 5.96. The van der Waals surface area contributed by atoms with Crippen LogP contribution >= 0.6 is 23.2 Å². The molecule has 0 amide bonds. The summed E-state index contributed by atoms with van der Waals surface area (Å²) in [6, 6.07) is 5.14. The highest BCUT2D eigenvalue weighted by Crippen LogP contribution is 2.30. The van der Waals surface area contributed by atoms with Gasteiger partial charge in [0.1, 0.15) is 5.82 Å². The molecule has 0 aliphatic carbocycles. The molecular formula is C14H14Cl2N2O. The molecule has 100 valence electrons. The van der Waals surface area contributed by atoms with E-state index in [0.29, 0.717) is 32.7 Å². The summed E-state index contributed by atoms with van der Waals surface area (Å²) in [7, 11) is 0. The number of hydrogen-bond acceptors (Lipinski definition) is 2. The second kappa shape index (κ2) is 5.35. The van der Waals surface area contributed by atoms with Crippen LogP contribution in [-0.4, -0.2) is 9.97 Å². The highest BCUT2D eigenvalue weighted by Gasteiger charge is 2.14. The van der Waals surface area contributed by atoms with E-state index in [2.05, 4.69) is 9.97 Å². The molecule has 0 saturated carbocycles. The fraction of sp³-hybridized carbons (Fsp3) is 0.286. The predicted octanol–water partition coefficient (Wildman–Crippen LogP) is 4.18. The Hall–Kier alpha value is -1.32. The summed E-state index contributed by atoms with van der Waals surface area (Å²) in [5.74, 6) is 0.770. The zero-order valence-electron chi connectivity index (χ0n) is 10.9. The van der Waals surface area contributed by atoms with E-state index in [1.165, 1.54) is 0 Å². The molecule has 0 fully saturated rings. The molecule has 0 radical (unpaired) electrons. The van der Waals surface area contributed by atoms with Gasteiger partial charge in [-0.05, 0) is 25.1 Å². The lowest BCUT2D eigenvalue weighted by Gasteiger charge is -2.11. The molecule has 3 nitrogen and oxygen atoms in total. The SMILES string of the molecule is Cc1c(-c2cc(Cl)ccc2Cl)nc(C(C)C)[nH]c1=O. The highest BCUT2D eigenvalue weighted by atomic mass is 35.5. The maximum absolute atomic E-state index is 12.0. The zero-order chi connectivity index (χ0) is 14.2. The van der Waals surface area contributed by atoms with Gasteiger partial charge in [0.05, 0.1) is 10.7 Å². The van der Waals surface area contributed by atoms with Gasteiger partial charge in [0.2, 0.25) is 0 Å². The Morgan fingerprint density at radius 1 is 1.26 bits per heavy atom. The van der Waals surface area contributed by atoms with Crippen molar-refractivity contribution >= 4 is 23.2 Å². The van der Waals surface area contributed by atoms with Crippen LogP contribution in [0.25, 0.3) is 11.3 Å². The molecule has 0 aliphatic rings. The van der Waals surface area contributed by atoms with Crippen LogP contribution in [0.5, 0.6) is 0 Å². The van der Waals surface area contributed by atoms with Crippen molar-refractivity contribution in [3.8, 4) is 11.3 Å². The molecule has 0 aliphatic heterocycles. The largest absolute Gasteiger partial charge is 0.310 e. The first kappa shape index (κ1) is 14.1. The molecule has 0 unspecified atom stereocenters. The van der Waals surface area contributed by atoms with E-state index in [0.717, 1.165) is 0 Å². The molecule has 19 heavy (non-hydrogen) atoms. The van der Waals surface area contributed by atoms with Gasteiger partial charge in [-0.2, -0.15) is 0 Å². The Morgan fingerprint density at radius 3 is 2.58 bits per heavy atom. The highest BCUT2D eigenvalue weighted by molar-refractivity contribution is 6.35. The number of nitrogens with one attached hydrogen (secondary N) is 1. The Balaban J connectivity index is 2.74. The number of H-pyrrole nitrogens is 1. The van der Waals surface area contributed by atoms with Crippen molar-refractivity contribution in [2.45, 2.75) is 26.7 Å². The third kappa shape index (κ3) is 2.82. The molecule has 1 aromatic carbocycles. The van der Waals surface area contributed by atoms with Gasteiger partial charge in [0, 0.05) is 22.1 Å². The van der Waals surface area contributed by atoms with Gasteiger partial charge in [0.25, 0.3) is 5.56 Å². The van der Waals surface area contributed by atoms with E-state index in [1.54, 1.807) is 25.1 Å². The molecule has 1 heterocycles. The first-order valence-corrected chi connectivity index (χ1v) is 6.72. The number of rotatable bonds is 2. The van der Waals surface area contributed by atoms with E-state index in [4.69, 9.17) is 23.2 Å². The van der Waals surface area contributed by atoms with Gasteiger partial charge in [-0.15, -0.1) is 0 Å². The molecule has 0 spiro atoms. The van der Waals surface area contributed by atoms with Gasteiger partial charge in [-0.1, -0.05) is 37.0 Å². The molecule has 2 aromatic rings. The van der Waals surface area contributed by atoms with Crippen LogP contribution in [0.4, 0.5) is 0 Å². The average Bonchev–Trinajstić information content (AvgIpc) is 2.35. The molecule has 1 N–H and O–H groups in total. The average molecular weight is 297 g/mol. The number of aromatic amines is 1. The second-order valence-corrected chi connectivity index (χ2v) is 5.55. The van der Waals surface area contributed by atoms with Crippen LogP contribution in [0.15, 0.2) is 23.0 Å². The van der Waals surface area contributed by atoms with Crippen molar-refractivity contribution in [3.63, 3.8) is 0 Å². The summed E-state index contributed by atoms with van der Waals surface area (Å²) in [5, 5.41) is 1.09. The lowest BCUT2D eigenvalue weighted by atomic mass is 10.1. The third-order valence-electron chi connectivity index (χ3n) is 2.90. The van der Waals surface area contributed by atoms with Crippen LogP contribution in [0.1, 0.15) is 31.2 Å². The Kier molecular flexibility index (Phi) is 3.97. The van der Waals surface area contributed by atoms with Crippen LogP contribution < -0.4 is 5.56 Å². The van der Waals surface area contributed by atoms with Crippen molar-refractivity contribution in [2.75, 3.05) is 0 Å². The van der Waals surface area contributed by atoms with Crippen LogP contribution in [0, 0.1) is 6.92 Å². The van der Waals surface area contributed by atoms with Gasteiger partial charge < -0.3 is 4.98 Å². The second-order valence-electron chi connectivity index (χ2n) is 4.70. The maximum atomic E-state index is 12.0. The van der Waals surface area contributed by atoms with Crippen molar-refractivity contribution in [1.29, 1.82) is 0 Å². The van der Waals surface area contributed by atoms with E-state index in [1.807, 2.05) is 13.8 Å².